The van der Waals surface area contributed by atoms with Crippen molar-refractivity contribution in [2.75, 3.05) is 26.8 Å². The van der Waals surface area contributed by atoms with Crippen LogP contribution in [0.15, 0.2) is 59.5 Å². The van der Waals surface area contributed by atoms with Crippen LogP contribution in [0, 0.1) is 0 Å². The summed E-state index contributed by atoms with van der Waals surface area (Å²) in [6.45, 7) is 4.82. The molecule has 0 aliphatic carbocycles. The monoisotopic (exact) mass is 385 g/mol. The molecule has 2 aromatic carbocycles. The second kappa shape index (κ2) is 9.29. The summed E-state index contributed by atoms with van der Waals surface area (Å²) in [5, 5.41) is 0. The fraction of sp³-hybridized carbons (Fsp3) is 0.409. The molecule has 1 aliphatic heterocycles. The lowest BCUT2D eigenvalue weighted by atomic mass is 9.96. The van der Waals surface area contributed by atoms with E-state index < -0.39 is 4.75 Å². The predicted octanol–water partition coefficient (Wildman–Crippen LogP) is 4.39. The van der Waals surface area contributed by atoms with E-state index in [-0.39, 0.29) is 5.97 Å². The van der Waals surface area contributed by atoms with Gasteiger partial charge in [0.25, 0.3) is 0 Å². The zero-order valence-corrected chi connectivity index (χ0v) is 16.8. The smallest absolute Gasteiger partial charge is 0.323 e. The Balaban J connectivity index is 1.79. The molecule has 1 saturated heterocycles. The molecule has 27 heavy (non-hydrogen) atoms. The van der Waals surface area contributed by atoms with E-state index >= 15 is 0 Å². The number of carbonyl (C=O) groups is 1. The Labute approximate surface area is 165 Å². The van der Waals surface area contributed by atoms with E-state index in [1.807, 2.05) is 37.3 Å². The van der Waals surface area contributed by atoms with Crippen molar-refractivity contribution in [3.05, 3.63) is 60.2 Å². The Bertz CT molecular complexity index is 735. The minimum Gasteiger partial charge on any atom is -0.497 e. The Hall–Kier alpha value is -1.98. The third kappa shape index (κ3) is 5.05. The maximum Gasteiger partial charge on any atom is 0.323 e. The summed E-state index contributed by atoms with van der Waals surface area (Å²) < 4.78 is 10.2. The van der Waals surface area contributed by atoms with Crippen LogP contribution in [-0.4, -0.2) is 42.4 Å². The van der Waals surface area contributed by atoms with Crippen molar-refractivity contribution in [2.45, 2.75) is 36.0 Å². The van der Waals surface area contributed by atoms with E-state index in [4.69, 9.17) is 9.47 Å². The number of thioether (sulfide) groups is 1. The van der Waals surface area contributed by atoms with Crippen LogP contribution in [-0.2, 0) is 16.1 Å². The van der Waals surface area contributed by atoms with Gasteiger partial charge in [-0.3, -0.25) is 9.69 Å². The lowest BCUT2D eigenvalue weighted by molar-refractivity contribution is -0.147. The molecule has 3 rings (SSSR count). The van der Waals surface area contributed by atoms with E-state index in [2.05, 4.69) is 29.2 Å². The summed E-state index contributed by atoms with van der Waals surface area (Å²) in [6, 6.07) is 18.3. The molecule has 0 saturated carbocycles. The number of ether oxygens (including phenoxy) is 2. The lowest BCUT2D eigenvalue weighted by Gasteiger charge is -2.40. The van der Waals surface area contributed by atoms with Crippen molar-refractivity contribution in [3.8, 4) is 5.75 Å². The molecule has 0 N–H and O–H groups in total. The highest BCUT2D eigenvalue weighted by molar-refractivity contribution is 8.01. The third-order valence-electron chi connectivity index (χ3n) is 4.80. The van der Waals surface area contributed by atoms with Crippen molar-refractivity contribution >= 4 is 17.7 Å². The fourth-order valence-corrected chi connectivity index (χ4v) is 4.87. The summed E-state index contributed by atoms with van der Waals surface area (Å²) in [7, 11) is 1.66. The van der Waals surface area contributed by atoms with Crippen LogP contribution in [0.5, 0.6) is 5.75 Å². The zero-order chi connectivity index (χ0) is 19.1. The van der Waals surface area contributed by atoms with Gasteiger partial charge in [0.1, 0.15) is 10.5 Å². The maximum absolute atomic E-state index is 13.0. The SMILES string of the molecule is CCOC(=O)C1(Sc2ccc(OC)cc2)CCCN(Cc2ccccc2)C1. The molecule has 1 aliphatic rings. The van der Waals surface area contributed by atoms with Gasteiger partial charge < -0.3 is 9.47 Å². The first kappa shape index (κ1) is 19.8. The molecule has 1 heterocycles. The van der Waals surface area contributed by atoms with Crippen molar-refractivity contribution in [2.24, 2.45) is 0 Å². The Morgan fingerprint density at radius 3 is 2.56 bits per heavy atom. The zero-order valence-electron chi connectivity index (χ0n) is 16.0. The number of benzene rings is 2. The summed E-state index contributed by atoms with van der Waals surface area (Å²) in [4.78, 5) is 16.4. The van der Waals surface area contributed by atoms with Gasteiger partial charge in [-0.2, -0.15) is 0 Å². The summed E-state index contributed by atoms with van der Waals surface area (Å²) in [5.74, 6) is 0.711. The standard InChI is InChI=1S/C22H27NO3S/c1-3-26-21(24)22(27-20-12-10-19(25-2)11-13-20)14-7-15-23(17-22)16-18-8-5-4-6-9-18/h4-6,8-13H,3,7,14-17H2,1-2H3. The van der Waals surface area contributed by atoms with E-state index in [1.165, 1.54) is 5.56 Å². The van der Waals surface area contributed by atoms with Gasteiger partial charge in [0, 0.05) is 18.0 Å². The number of hydrogen-bond acceptors (Lipinski definition) is 5. The molecular formula is C22H27NO3S. The molecule has 0 radical (unpaired) electrons. The lowest BCUT2D eigenvalue weighted by Crippen LogP contribution is -2.51. The molecule has 0 spiro atoms. The van der Waals surface area contributed by atoms with Crippen LogP contribution in [0.4, 0.5) is 0 Å². The van der Waals surface area contributed by atoms with Crippen LogP contribution in [0.3, 0.4) is 0 Å². The molecule has 0 amide bonds. The summed E-state index contributed by atoms with van der Waals surface area (Å²) >= 11 is 1.62. The molecule has 0 bridgehead atoms. The number of piperidine rings is 1. The molecule has 1 fully saturated rings. The van der Waals surface area contributed by atoms with Gasteiger partial charge in [-0.1, -0.05) is 30.3 Å². The molecule has 5 heteroatoms. The third-order valence-corrected chi connectivity index (χ3v) is 6.20. The topological polar surface area (TPSA) is 38.8 Å². The van der Waals surface area contributed by atoms with E-state index in [0.29, 0.717) is 13.2 Å². The highest BCUT2D eigenvalue weighted by atomic mass is 32.2. The average molecular weight is 386 g/mol. The Morgan fingerprint density at radius 2 is 1.89 bits per heavy atom. The normalized spacial score (nSPS) is 20.2. The first-order valence-electron chi connectivity index (χ1n) is 9.42. The van der Waals surface area contributed by atoms with Crippen molar-refractivity contribution < 1.29 is 14.3 Å². The van der Waals surface area contributed by atoms with Gasteiger partial charge >= 0.3 is 5.97 Å². The number of methoxy groups -OCH3 is 1. The van der Waals surface area contributed by atoms with E-state index in [0.717, 1.165) is 36.6 Å². The van der Waals surface area contributed by atoms with Crippen LogP contribution < -0.4 is 4.74 Å². The van der Waals surface area contributed by atoms with Crippen LogP contribution in [0.2, 0.25) is 0 Å². The number of carbonyl (C=O) groups excluding carboxylic acids is 1. The number of nitrogens with zero attached hydrogens (tertiary/aromatic N) is 1. The van der Waals surface area contributed by atoms with Crippen molar-refractivity contribution in [1.29, 1.82) is 0 Å². The minimum absolute atomic E-state index is 0.108. The van der Waals surface area contributed by atoms with Gasteiger partial charge in [0.05, 0.1) is 13.7 Å². The molecule has 0 aromatic heterocycles. The number of rotatable bonds is 7. The van der Waals surface area contributed by atoms with Gasteiger partial charge in [-0.15, -0.1) is 11.8 Å². The first-order valence-corrected chi connectivity index (χ1v) is 10.2. The molecule has 1 unspecified atom stereocenters. The molecular weight excluding hydrogens is 358 g/mol. The van der Waals surface area contributed by atoms with Crippen LogP contribution in [0.25, 0.3) is 0 Å². The highest BCUT2D eigenvalue weighted by Crippen LogP contribution is 2.41. The Kier molecular flexibility index (Phi) is 6.80. The Morgan fingerprint density at radius 1 is 1.15 bits per heavy atom. The number of hydrogen-bond donors (Lipinski definition) is 0. The quantitative estimate of drug-likeness (QED) is 0.661. The fourth-order valence-electron chi connectivity index (χ4n) is 3.51. The second-order valence-corrected chi connectivity index (χ2v) is 8.25. The first-order chi connectivity index (χ1) is 13.1. The second-order valence-electron chi connectivity index (χ2n) is 6.79. The van der Waals surface area contributed by atoms with Gasteiger partial charge in [-0.25, -0.2) is 0 Å². The number of likely N-dealkylation sites (tertiary alicyclic amines) is 1. The maximum atomic E-state index is 13.0. The summed E-state index contributed by atoms with van der Waals surface area (Å²) in [5.41, 5.74) is 1.27. The van der Waals surface area contributed by atoms with Crippen molar-refractivity contribution in [1.82, 2.24) is 4.90 Å². The molecule has 144 valence electrons. The van der Waals surface area contributed by atoms with Crippen LogP contribution in [0.1, 0.15) is 25.3 Å². The summed E-state index contributed by atoms with van der Waals surface area (Å²) in [6.07, 6.45) is 1.81. The van der Waals surface area contributed by atoms with E-state index in [9.17, 15) is 4.79 Å². The molecule has 1 atom stereocenters. The largest absolute Gasteiger partial charge is 0.497 e. The molecule has 2 aromatic rings. The minimum atomic E-state index is -0.572. The van der Waals surface area contributed by atoms with Crippen molar-refractivity contribution in [3.63, 3.8) is 0 Å². The number of esters is 1. The van der Waals surface area contributed by atoms with Gasteiger partial charge in [0.2, 0.25) is 0 Å². The predicted molar refractivity (Wildman–Crippen MR) is 109 cm³/mol. The highest BCUT2D eigenvalue weighted by Gasteiger charge is 2.44. The van der Waals surface area contributed by atoms with Gasteiger partial charge in [0.15, 0.2) is 0 Å². The van der Waals surface area contributed by atoms with Crippen LogP contribution >= 0.6 is 11.8 Å². The average Bonchev–Trinajstić information content (AvgIpc) is 2.70. The van der Waals surface area contributed by atoms with E-state index in [1.54, 1.807) is 18.9 Å². The molecule has 4 nitrogen and oxygen atoms in total. The van der Waals surface area contributed by atoms with Gasteiger partial charge in [-0.05, 0) is 56.1 Å².